The zero-order valence-electron chi connectivity index (χ0n) is 26.4. The lowest BCUT2D eigenvalue weighted by Gasteiger charge is -2.41. The fourth-order valence-corrected chi connectivity index (χ4v) is 7.51. The molecule has 47 heavy (non-hydrogen) atoms. The van der Waals surface area contributed by atoms with Crippen molar-refractivity contribution < 1.29 is 42.2 Å². The first-order chi connectivity index (χ1) is 22.4. The number of carboxylic acids is 1. The number of likely N-dealkylation sites (tertiary alicyclic amines) is 1. The number of carbonyl (C=O) groups excluding carboxylic acids is 3. The largest absolute Gasteiger partial charge is 0.490 e. The van der Waals surface area contributed by atoms with Crippen LogP contribution >= 0.6 is 0 Å². The topological polar surface area (TPSA) is 120 Å². The summed E-state index contributed by atoms with van der Waals surface area (Å²) in [4.78, 5) is 62.4. The molecule has 10 nitrogen and oxygen atoms in total. The monoisotopic (exact) mass is 656 g/mol. The summed E-state index contributed by atoms with van der Waals surface area (Å²) in [5, 5.41) is 7.12. The van der Waals surface area contributed by atoms with E-state index in [1.165, 1.54) is 18.4 Å². The van der Waals surface area contributed by atoms with E-state index in [4.69, 9.17) is 19.6 Å². The van der Waals surface area contributed by atoms with Crippen molar-refractivity contribution in [2.75, 3.05) is 20.2 Å². The van der Waals surface area contributed by atoms with Crippen LogP contribution in [0.4, 0.5) is 13.2 Å². The molecule has 13 heteroatoms. The first kappa shape index (κ1) is 33.9. The number of carbonyl (C=O) groups is 4. The Morgan fingerprint density at radius 1 is 0.957 bits per heavy atom. The second-order valence-corrected chi connectivity index (χ2v) is 12.3. The lowest BCUT2D eigenvalue weighted by Crippen LogP contribution is -2.61. The third kappa shape index (κ3) is 6.44. The first-order valence-electron chi connectivity index (χ1n) is 15.9. The quantitative estimate of drug-likeness (QED) is 0.347. The second kappa shape index (κ2) is 13.7. The molecule has 4 fully saturated rings. The number of hydrogen-bond donors (Lipinski definition) is 1. The number of alkyl halides is 3. The lowest BCUT2D eigenvalue weighted by molar-refractivity contribution is -0.192. The van der Waals surface area contributed by atoms with Crippen molar-refractivity contribution in [2.45, 2.75) is 75.8 Å². The number of hydrogen-bond acceptors (Lipinski definition) is 6. The predicted molar refractivity (Wildman–Crippen MR) is 165 cm³/mol. The minimum Gasteiger partial charge on any atom is -0.475 e. The van der Waals surface area contributed by atoms with Crippen LogP contribution in [0.2, 0.25) is 0 Å². The Hall–Kier alpha value is -4.42. The van der Waals surface area contributed by atoms with E-state index >= 15 is 0 Å². The van der Waals surface area contributed by atoms with Crippen LogP contribution in [0.25, 0.3) is 0 Å². The maximum atomic E-state index is 14.3. The standard InChI is InChI=1S/C32H38N4O4.C2HF3O2/c1-3-34-21-25-26-27(29(38)35(28(26)37)20-23-15-9-5-10-16-23)32(30(39)40-2,19-22-13-7-4-8-14-22)36(25)31(34)33-24-17-11-6-12-18-24;3-2(4,5)1(6)7/h4-5,7-10,13-16,24-27H,3,6,11-12,17-21H2,1-2H3;(H,6,7)/t25-,26+,27-,32-;/m1./s1. The third-order valence-electron chi connectivity index (χ3n) is 9.57. The Kier molecular flexibility index (Phi) is 9.92. The molecule has 2 aromatic rings. The molecule has 2 amide bonds. The highest BCUT2D eigenvalue weighted by molar-refractivity contribution is 6.11. The molecule has 4 aliphatic rings. The number of carboxylic acid groups (broad SMARTS) is 1. The number of imide groups is 1. The molecule has 3 saturated heterocycles. The van der Waals surface area contributed by atoms with Gasteiger partial charge < -0.3 is 19.6 Å². The molecule has 4 atom stereocenters. The molecule has 0 spiro atoms. The van der Waals surface area contributed by atoms with Crippen molar-refractivity contribution in [1.82, 2.24) is 14.7 Å². The molecule has 0 bridgehead atoms. The van der Waals surface area contributed by atoms with Gasteiger partial charge in [0.25, 0.3) is 0 Å². The molecule has 0 aromatic heterocycles. The number of aliphatic imine (C=N–C) groups is 1. The molecule has 1 N–H and O–H groups in total. The SMILES string of the molecule is CCN1C[C@@H]2[C@@H]3C(=O)N(Cc4ccccc4)C(=O)[C@@H]3[C@](Cc3ccccc3)(C(=O)OC)N2C1=NC1CCCCC1.O=C(O)C(F)(F)F. The van der Waals surface area contributed by atoms with Crippen LogP contribution in [-0.2, 0) is 36.9 Å². The van der Waals surface area contributed by atoms with Crippen LogP contribution in [0.3, 0.4) is 0 Å². The molecule has 0 unspecified atom stereocenters. The van der Waals surface area contributed by atoms with Crippen molar-refractivity contribution in [2.24, 2.45) is 16.8 Å². The maximum absolute atomic E-state index is 14.3. The number of halogens is 3. The highest BCUT2D eigenvalue weighted by atomic mass is 19.4. The van der Waals surface area contributed by atoms with Crippen molar-refractivity contribution >= 4 is 29.7 Å². The lowest BCUT2D eigenvalue weighted by atomic mass is 9.76. The van der Waals surface area contributed by atoms with Crippen LogP contribution in [-0.4, -0.2) is 93.5 Å². The number of amides is 2. The molecule has 6 rings (SSSR count). The normalized spacial score (nSPS) is 26.6. The van der Waals surface area contributed by atoms with E-state index in [0.717, 1.165) is 42.8 Å². The van der Waals surface area contributed by atoms with Gasteiger partial charge in [0.05, 0.1) is 37.6 Å². The van der Waals surface area contributed by atoms with Crippen LogP contribution in [0.15, 0.2) is 65.7 Å². The number of nitrogens with zero attached hydrogens (tertiary/aromatic N) is 4. The minimum absolute atomic E-state index is 0.171. The fourth-order valence-electron chi connectivity index (χ4n) is 7.51. The molecular weight excluding hydrogens is 617 g/mol. The van der Waals surface area contributed by atoms with Crippen molar-refractivity contribution in [3.05, 3.63) is 71.8 Å². The summed E-state index contributed by atoms with van der Waals surface area (Å²) >= 11 is 0. The van der Waals surface area contributed by atoms with Gasteiger partial charge >= 0.3 is 18.1 Å². The molecule has 1 saturated carbocycles. The fraction of sp³-hybridized carbons (Fsp3) is 0.500. The highest BCUT2D eigenvalue weighted by Crippen LogP contribution is 2.54. The molecular formula is C34H39F3N4O6. The van der Waals surface area contributed by atoms with Gasteiger partial charge in [-0.1, -0.05) is 79.9 Å². The molecule has 3 aliphatic heterocycles. The van der Waals surface area contributed by atoms with E-state index in [1.807, 2.05) is 60.7 Å². The zero-order chi connectivity index (χ0) is 33.9. The summed E-state index contributed by atoms with van der Waals surface area (Å²) in [6, 6.07) is 19.1. The van der Waals surface area contributed by atoms with E-state index < -0.39 is 35.5 Å². The smallest absolute Gasteiger partial charge is 0.475 e. The Bertz CT molecular complexity index is 1500. The summed E-state index contributed by atoms with van der Waals surface area (Å²) < 4.78 is 37.3. The van der Waals surface area contributed by atoms with Crippen LogP contribution in [0, 0.1) is 11.8 Å². The summed E-state index contributed by atoms with van der Waals surface area (Å²) in [6.45, 7) is 3.53. The van der Waals surface area contributed by atoms with E-state index in [9.17, 15) is 27.6 Å². The number of benzene rings is 2. The Morgan fingerprint density at radius 3 is 2.06 bits per heavy atom. The van der Waals surface area contributed by atoms with Gasteiger partial charge in [-0.25, -0.2) is 14.6 Å². The minimum atomic E-state index is -5.08. The predicted octanol–water partition coefficient (Wildman–Crippen LogP) is 4.28. The zero-order valence-corrected chi connectivity index (χ0v) is 26.4. The molecule has 0 radical (unpaired) electrons. The van der Waals surface area contributed by atoms with Crippen LogP contribution < -0.4 is 0 Å². The highest BCUT2D eigenvalue weighted by Gasteiger charge is 2.74. The van der Waals surface area contributed by atoms with Gasteiger partial charge in [-0.2, -0.15) is 13.2 Å². The molecule has 3 heterocycles. The third-order valence-corrected chi connectivity index (χ3v) is 9.57. The molecule has 1 aliphatic carbocycles. The Labute approximate surface area is 271 Å². The average molecular weight is 657 g/mol. The van der Waals surface area contributed by atoms with Crippen molar-refractivity contribution in [3.8, 4) is 0 Å². The summed E-state index contributed by atoms with van der Waals surface area (Å²) in [5.41, 5.74) is 0.427. The average Bonchev–Trinajstić information content (AvgIpc) is 3.65. The number of ether oxygens (including phenoxy) is 1. The van der Waals surface area contributed by atoms with Gasteiger partial charge in [-0.15, -0.1) is 0 Å². The van der Waals surface area contributed by atoms with Gasteiger partial charge in [-0.3, -0.25) is 14.5 Å². The Morgan fingerprint density at radius 2 is 1.53 bits per heavy atom. The summed E-state index contributed by atoms with van der Waals surface area (Å²) in [6.07, 6.45) is 0.699. The van der Waals surface area contributed by atoms with Crippen molar-refractivity contribution in [3.63, 3.8) is 0 Å². The maximum Gasteiger partial charge on any atom is 0.490 e. The number of esters is 1. The van der Waals surface area contributed by atoms with Crippen LogP contribution in [0.1, 0.15) is 50.2 Å². The Balaban J connectivity index is 0.000000559. The molecule has 2 aromatic carbocycles. The van der Waals surface area contributed by atoms with Gasteiger partial charge in [-0.05, 0) is 30.9 Å². The van der Waals surface area contributed by atoms with E-state index in [0.29, 0.717) is 13.1 Å². The summed E-state index contributed by atoms with van der Waals surface area (Å²) in [7, 11) is 1.38. The first-order valence-corrected chi connectivity index (χ1v) is 15.9. The summed E-state index contributed by atoms with van der Waals surface area (Å²) in [5.74, 6) is -4.50. The van der Waals surface area contributed by atoms with Gasteiger partial charge in [0.1, 0.15) is 0 Å². The number of rotatable bonds is 7. The number of guanidine groups is 1. The second-order valence-electron chi connectivity index (χ2n) is 12.3. The number of aliphatic carboxylic acids is 1. The number of fused-ring (bicyclic) bond motifs is 3. The number of likely N-dealkylation sites (N-methyl/N-ethyl adjacent to an activating group) is 1. The van der Waals surface area contributed by atoms with Crippen LogP contribution in [0.5, 0.6) is 0 Å². The van der Waals surface area contributed by atoms with Gasteiger partial charge in [0.2, 0.25) is 11.8 Å². The van der Waals surface area contributed by atoms with E-state index in [2.05, 4.69) is 16.7 Å². The van der Waals surface area contributed by atoms with Gasteiger partial charge in [0, 0.05) is 19.5 Å². The van der Waals surface area contributed by atoms with Crippen molar-refractivity contribution in [1.29, 1.82) is 0 Å². The van der Waals surface area contributed by atoms with Gasteiger partial charge in [0.15, 0.2) is 11.5 Å². The van der Waals surface area contributed by atoms with E-state index in [-0.39, 0.29) is 36.9 Å². The number of methoxy groups -OCH3 is 1. The van der Waals surface area contributed by atoms with E-state index in [1.54, 1.807) is 0 Å². The molecule has 252 valence electrons.